The van der Waals surface area contributed by atoms with Crippen LogP contribution in [0.5, 0.6) is 5.75 Å². The molecule has 0 aliphatic carbocycles. The first-order chi connectivity index (χ1) is 17.9. The summed E-state index contributed by atoms with van der Waals surface area (Å²) in [5.74, 6) is 0.840. The number of nitrogens with zero attached hydrogens (tertiary/aromatic N) is 3. The predicted octanol–water partition coefficient (Wildman–Crippen LogP) is 3.98. The molecule has 1 amide bonds. The van der Waals surface area contributed by atoms with Gasteiger partial charge in [-0.1, -0.05) is 30.3 Å². The van der Waals surface area contributed by atoms with Crippen molar-refractivity contribution in [2.24, 2.45) is 5.73 Å². The first-order valence-corrected chi connectivity index (χ1v) is 11.9. The molecule has 37 heavy (non-hydrogen) atoms. The van der Waals surface area contributed by atoms with Crippen molar-refractivity contribution in [1.29, 1.82) is 5.41 Å². The first kappa shape index (κ1) is 25.4. The van der Waals surface area contributed by atoms with Crippen molar-refractivity contribution in [1.82, 2.24) is 15.0 Å². The quantitative estimate of drug-likeness (QED) is 0.179. The lowest BCUT2D eigenvalue weighted by molar-refractivity contribution is -0.144. The van der Waals surface area contributed by atoms with E-state index in [0.717, 1.165) is 33.7 Å². The molecule has 4 rings (SSSR count). The molecule has 2 heterocycles. The van der Waals surface area contributed by atoms with Crippen LogP contribution < -0.4 is 15.4 Å². The maximum atomic E-state index is 13.1. The summed E-state index contributed by atoms with van der Waals surface area (Å²) in [5.41, 5.74) is 8.76. The van der Waals surface area contributed by atoms with Gasteiger partial charge in [0, 0.05) is 24.2 Å². The van der Waals surface area contributed by atoms with Crippen LogP contribution in [0.4, 0.5) is 10.6 Å². The standard InChI is InChI=1S/C27H28N6O4/c1-3-36-26(34)17(2)33(24-6-4-5-15-30-24)27(35)37-20-12-13-21-22(16-20)32-23(31-21)14-9-18-7-10-19(11-8-18)25(28)29/h4-8,10-13,15-17H,3,9,14H2,1-2H3,(H3,28,29)(H,31,32). The minimum atomic E-state index is -0.936. The second-order valence-corrected chi connectivity index (χ2v) is 8.33. The molecule has 0 aliphatic heterocycles. The fourth-order valence-corrected chi connectivity index (χ4v) is 3.80. The number of nitrogens with one attached hydrogen (secondary N) is 2. The zero-order chi connectivity index (χ0) is 26.4. The molecule has 1 atom stereocenters. The number of hydrogen-bond donors (Lipinski definition) is 3. The highest BCUT2D eigenvalue weighted by Gasteiger charge is 2.31. The van der Waals surface area contributed by atoms with Gasteiger partial charge in [-0.05, 0) is 50.1 Å². The second-order valence-electron chi connectivity index (χ2n) is 8.33. The number of amidine groups is 1. The lowest BCUT2D eigenvalue weighted by Gasteiger charge is -2.25. The predicted molar refractivity (Wildman–Crippen MR) is 140 cm³/mol. The van der Waals surface area contributed by atoms with Crippen LogP contribution in [-0.4, -0.2) is 45.5 Å². The number of rotatable bonds is 9. The number of anilines is 1. The Morgan fingerprint density at radius 2 is 1.89 bits per heavy atom. The number of nitrogen functional groups attached to an aromatic ring is 1. The molecule has 4 N–H and O–H groups in total. The van der Waals surface area contributed by atoms with Crippen molar-refractivity contribution < 1.29 is 19.1 Å². The maximum absolute atomic E-state index is 13.1. The summed E-state index contributed by atoms with van der Waals surface area (Å²) in [5, 5.41) is 7.49. The van der Waals surface area contributed by atoms with Crippen LogP contribution in [-0.2, 0) is 22.4 Å². The summed E-state index contributed by atoms with van der Waals surface area (Å²) in [7, 11) is 0. The highest BCUT2D eigenvalue weighted by atomic mass is 16.6. The van der Waals surface area contributed by atoms with Crippen molar-refractivity contribution in [3.05, 3.63) is 83.8 Å². The largest absolute Gasteiger partial charge is 0.464 e. The summed E-state index contributed by atoms with van der Waals surface area (Å²) >= 11 is 0. The number of fused-ring (bicyclic) bond motifs is 1. The third kappa shape index (κ3) is 6.10. The Kier molecular flexibility index (Phi) is 7.77. The van der Waals surface area contributed by atoms with E-state index in [1.165, 1.54) is 6.20 Å². The number of ether oxygens (including phenoxy) is 2. The molecule has 4 aromatic rings. The van der Waals surface area contributed by atoms with E-state index in [0.29, 0.717) is 17.7 Å². The van der Waals surface area contributed by atoms with Gasteiger partial charge in [0.25, 0.3) is 0 Å². The summed E-state index contributed by atoms with van der Waals surface area (Å²) in [4.78, 5) is 38.8. The summed E-state index contributed by atoms with van der Waals surface area (Å²) in [6.45, 7) is 3.45. The van der Waals surface area contributed by atoms with Crippen LogP contribution in [0.25, 0.3) is 11.0 Å². The van der Waals surface area contributed by atoms with Crippen LogP contribution in [0.15, 0.2) is 66.9 Å². The number of amides is 1. The van der Waals surface area contributed by atoms with Gasteiger partial charge in [-0.15, -0.1) is 0 Å². The molecule has 0 spiro atoms. The number of hydrogen-bond acceptors (Lipinski definition) is 7. The van der Waals surface area contributed by atoms with Gasteiger partial charge in [0.05, 0.1) is 17.6 Å². The van der Waals surface area contributed by atoms with Crippen molar-refractivity contribution in [3.63, 3.8) is 0 Å². The molecule has 0 aliphatic rings. The fourth-order valence-electron chi connectivity index (χ4n) is 3.80. The highest BCUT2D eigenvalue weighted by Crippen LogP contribution is 2.23. The Balaban J connectivity index is 1.48. The number of carbonyl (C=O) groups excluding carboxylic acids is 2. The van der Waals surface area contributed by atoms with E-state index in [9.17, 15) is 9.59 Å². The fraction of sp³-hybridized carbons (Fsp3) is 0.222. The van der Waals surface area contributed by atoms with Gasteiger partial charge in [-0.2, -0.15) is 0 Å². The molecular weight excluding hydrogens is 472 g/mol. The SMILES string of the molecule is CCOC(=O)C(C)N(C(=O)Oc1ccc2nc(CCc3ccc(C(=N)N)cc3)[nH]c2c1)c1ccccn1. The van der Waals surface area contributed by atoms with Gasteiger partial charge in [0.1, 0.15) is 29.3 Å². The normalized spacial score (nSPS) is 11.6. The van der Waals surface area contributed by atoms with Crippen molar-refractivity contribution in [2.75, 3.05) is 11.5 Å². The van der Waals surface area contributed by atoms with E-state index in [2.05, 4.69) is 15.0 Å². The number of H-pyrrole nitrogens is 1. The molecule has 0 radical (unpaired) electrons. The third-order valence-corrected chi connectivity index (χ3v) is 5.73. The number of benzene rings is 2. The molecule has 1 unspecified atom stereocenters. The number of esters is 1. The number of aromatic nitrogens is 3. The van der Waals surface area contributed by atoms with E-state index in [1.807, 2.05) is 24.3 Å². The molecule has 0 fully saturated rings. The molecule has 190 valence electrons. The lowest BCUT2D eigenvalue weighted by Crippen LogP contribution is -2.46. The van der Waals surface area contributed by atoms with E-state index < -0.39 is 18.1 Å². The molecule has 0 saturated heterocycles. The third-order valence-electron chi connectivity index (χ3n) is 5.73. The average Bonchev–Trinajstić information content (AvgIpc) is 3.31. The van der Waals surface area contributed by atoms with Gasteiger partial charge < -0.3 is 20.2 Å². The number of aromatic amines is 1. The van der Waals surface area contributed by atoms with Crippen LogP contribution in [0.3, 0.4) is 0 Å². The van der Waals surface area contributed by atoms with Gasteiger partial charge in [0.2, 0.25) is 0 Å². The van der Waals surface area contributed by atoms with Gasteiger partial charge >= 0.3 is 12.1 Å². The average molecular weight is 501 g/mol. The van der Waals surface area contributed by atoms with Crippen LogP contribution in [0.2, 0.25) is 0 Å². The van der Waals surface area contributed by atoms with Gasteiger partial charge in [-0.25, -0.2) is 24.5 Å². The molecule has 2 aromatic heterocycles. The second kappa shape index (κ2) is 11.3. The van der Waals surface area contributed by atoms with Crippen LogP contribution in [0, 0.1) is 5.41 Å². The minimum Gasteiger partial charge on any atom is -0.464 e. The molecule has 2 aromatic carbocycles. The summed E-state index contributed by atoms with van der Waals surface area (Å²) in [6.07, 6.45) is 2.20. The van der Waals surface area contributed by atoms with Crippen LogP contribution >= 0.6 is 0 Å². The lowest BCUT2D eigenvalue weighted by atomic mass is 10.1. The molecule has 0 saturated carbocycles. The zero-order valence-corrected chi connectivity index (χ0v) is 20.6. The Morgan fingerprint density at radius 3 is 2.57 bits per heavy atom. The first-order valence-electron chi connectivity index (χ1n) is 11.9. The number of carbonyl (C=O) groups is 2. The molecule has 10 heteroatoms. The maximum Gasteiger partial charge on any atom is 0.421 e. The van der Waals surface area contributed by atoms with E-state index in [-0.39, 0.29) is 18.3 Å². The molecule has 0 bridgehead atoms. The van der Waals surface area contributed by atoms with Crippen LogP contribution in [0.1, 0.15) is 30.8 Å². The van der Waals surface area contributed by atoms with Gasteiger partial charge in [-0.3, -0.25) is 5.41 Å². The Bertz CT molecular complexity index is 1400. The summed E-state index contributed by atoms with van der Waals surface area (Å²) < 4.78 is 10.7. The highest BCUT2D eigenvalue weighted by molar-refractivity contribution is 5.96. The minimum absolute atomic E-state index is 0.0406. The summed E-state index contributed by atoms with van der Waals surface area (Å²) in [6, 6.07) is 16.8. The number of aryl methyl sites for hydroxylation is 2. The zero-order valence-electron chi connectivity index (χ0n) is 20.6. The van der Waals surface area contributed by atoms with E-state index in [4.69, 9.17) is 20.6 Å². The van der Waals surface area contributed by atoms with Crippen molar-refractivity contribution >= 4 is 34.7 Å². The Hall–Kier alpha value is -4.73. The van der Waals surface area contributed by atoms with E-state index >= 15 is 0 Å². The topological polar surface area (TPSA) is 147 Å². The smallest absolute Gasteiger partial charge is 0.421 e. The number of imidazole rings is 1. The van der Waals surface area contributed by atoms with E-state index in [1.54, 1.807) is 50.2 Å². The van der Waals surface area contributed by atoms with Crippen molar-refractivity contribution in [2.45, 2.75) is 32.7 Å². The Morgan fingerprint density at radius 1 is 1.11 bits per heavy atom. The monoisotopic (exact) mass is 500 g/mol. The number of nitrogens with two attached hydrogens (primary N) is 1. The Labute approximate surface area is 213 Å². The van der Waals surface area contributed by atoms with Crippen molar-refractivity contribution in [3.8, 4) is 5.75 Å². The molecular formula is C27H28N6O4. The number of pyridine rings is 1. The van der Waals surface area contributed by atoms with Gasteiger partial charge in [0.15, 0.2) is 0 Å². The molecule has 10 nitrogen and oxygen atoms in total.